The minimum atomic E-state index is -1.05. The van der Waals surface area contributed by atoms with Crippen LogP contribution in [0.1, 0.15) is 29.0 Å². The molecule has 0 radical (unpaired) electrons. The summed E-state index contributed by atoms with van der Waals surface area (Å²) in [6, 6.07) is 7.88. The number of aliphatic carboxylic acids is 1. The number of amides is 1. The van der Waals surface area contributed by atoms with Crippen LogP contribution in [0.3, 0.4) is 0 Å². The van der Waals surface area contributed by atoms with Crippen LogP contribution in [0.4, 0.5) is 5.82 Å². The lowest BCUT2D eigenvalue weighted by atomic mass is 10.2. The van der Waals surface area contributed by atoms with Crippen LogP contribution in [0.25, 0.3) is 0 Å². The van der Waals surface area contributed by atoms with Crippen molar-refractivity contribution < 1.29 is 14.7 Å². The van der Waals surface area contributed by atoms with Crippen molar-refractivity contribution in [1.29, 1.82) is 0 Å². The zero-order chi connectivity index (χ0) is 19.6. The van der Waals surface area contributed by atoms with Crippen molar-refractivity contribution >= 4 is 40.9 Å². The minimum absolute atomic E-state index is 0.0554. The fourth-order valence-corrected chi connectivity index (χ4v) is 2.72. The van der Waals surface area contributed by atoms with Gasteiger partial charge in [-0.3, -0.25) is 14.2 Å². The van der Waals surface area contributed by atoms with Crippen molar-refractivity contribution in [2.45, 2.75) is 19.5 Å². The minimum Gasteiger partial charge on any atom is -0.480 e. The number of anilines is 1. The number of nitrogens with one attached hydrogen (secondary N) is 1. The third-order valence-corrected chi connectivity index (χ3v) is 4.48. The number of carboxylic acids is 1. The molecule has 140 valence electrons. The van der Waals surface area contributed by atoms with Crippen LogP contribution in [0.2, 0.25) is 10.0 Å². The smallest absolute Gasteiger partial charge is 0.328 e. The molecule has 0 aliphatic heterocycles. The van der Waals surface area contributed by atoms with Crippen molar-refractivity contribution in [3.05, 3.63) is 64.0 Å². The Hall–Kier alpha value is -2.84. The highest BCUT2D eigenvalue weighted by molar-refractivity contribution is 6.33. The van der Waals surface area contributed by atoms with Crippen LogP contribution >= 0.6 is 23.2 Å². The van der Waals surface area contributed by atoms with Gasteiger partial charge in [-0.25, -0.2) is 4.79 Å². The van der Waals surface area contributed by atoms with Crippen molar-refractivity contribution in [1.82, 2.24) is 19.6 Å². The second kappa shape index (κ2) is 7.81. The van der Waals surface area contributed by atoms with Gasteiger partial charge in [-0.15, -0.1) is 0 Å². The van der Waals surface area contributed by atoms with Crippen LogP contribution < -0.4 is 5.32 Å². The predicted molar refractivity (Wildman–Crippen MR) is 100 cm³/mol. The molecule has 10 heteroatoms. The summed E-state index contributed by atoms with van der Waals surface area (Å²) in [6.45, 7) is 1.85. The number of hydrogen-bond donors (Lipinski definition) is 2. The molecule has 8 nitrogen and oxygen atoms in total. The van der Waals surface area contributed by atoms with Crippen LogP contribution in [0.5, 0.6) is 0 Å². The lowest BCUT2D eigenvalue weighted by molar-refractivity contribution is -0.140. The zero-order valence-corrected chi connectivity index (χ0v) is 15.6. The molecule has 1 aromatic carbocycles. The summed E-state index contributed by atoms with van der Waals surface area (Å²) in [6.07, 6.45) is 3.00. The molecule has 2 N–H and O–H groups in total. The molecule has 0 saturated heterocycles. The molecule has 0 aliphatic carbocycles. The average Bonchev–Trinajstić information content (AvgIpc) is 3.24. The molecule has 0 spiro atoms. The van der Waals surface area contributed by atoms with Gasteiger partial charge < -0.3 is 10.4 Å². The fraction of sp³-hybridized carbons (Fsp3) is 0.176. The molecule has 1 amide bonds. The first-order chi connectivity index (χ1) is 12.8. The van der Waals surface area contributed by atoms with E-state index in [0.29, 0.717) is 11.6 Å². The maximum atomic E-state index is 12.3. The van der Waals surface area contributed by atoms with E-state index in [0.717, 1.165) is 5.56 Å². The predicted octanol–water partition coefficient (Wildman–Crippen LogP) is 3.33. The fourth-order valence-electron chi connectivity index (χ4n) is 2.32. The maximum Gasteiger partial charge on any atom is 0.328 e. The first-order valence-electron chi connectivity index (χ1n) is 7.91. The summed E-state index contributed by atoms with van der Waals surface area (Å²) in [5.41, 5.74) is 0.914. The van der Waals surface area contributed by atoms with E-state index in [2.05, 4.69) is 15.5 Å². The van der Waals surface area contributed by atoms with E-state index in [1.54, 1.807) is 16.9 Å². The Morgan fingerprint density at radius 3 is 2.63 bits per heavy atom. The third-order valence-electron chi connectivity index (χ3n) is 3.83. The van der Waals surface area contributed by atoms with Crippen LogP contribution in [-0.4, -0.2) is 36.5 Å². The first kappa shape index (κ1) is 18.9. The molecule has 2 heterocycles. The Labute approximate surface area is 164 Å². The van der Waals surface area contributed by atoms with Gasteiger partial charge >= 0.3 is 5.97 Å². The SMILES string of the molecule is CC(C(=O)O)n1ccc(C(=O)Nc2nn(Cc3ccccc3Cl)cc2Cl)n1. The number of halogens is 2. The zero-order valence-electron chi connectivity index (χ0n) is 14.1. The molecular formula is C17H15Cl2N5O3. The molecule has 0 bridgehead atoms. The summed E-state index contributed by atoms with van der Waals surface area (Å²) in [7, 11) is 0. The quantitative estimate of drug-likeness (QED) is 0.652. The second-order valence-electron chi connectivity index (χ2n) is 5.76. The molecule has 3 aromatic rings. The normalized spacial score (nSPS) is 12.0. The van der Waals surface area contributed by atoms with Crippen LogP contribution in [-0.2, 0) is 11.3 Å². The van der Waals surface area contributed by atoms with Crippen molar-refractivity contribution in [2.75, 3.05) is 5.32 Å². The number of nitrogens with zero attached hydrogens (tertiary/aromatic N) is 4. The number of hydrogen-bond acceptors (Lipinski definition) is 4. The standard InChI is InChI=1S/C17H15Cl2N5O3/c1-10(17(26)27)24-7-6-14(21-24)16(25)20-15-13(19)9-23(22-15)8-11-4-2-3-5-12(11)18/h2-7,9-10H,8H2,1H3,(H,26,27)(H,20,22,25). The lowest BCUT2D eigenvalue weighted by Crippen LogP contribution is -2.18. The summed E-state index contributed by atoms with van der Waals surface area (Å²) < 4.78 is 2.75. The Kier molecular flexibility index (Phi) is 5.48. The van der Waals surface area contributed by atoms with E-state index in [-0.39, 0.29) is 16.5 Å². The van der Waals surface area contributed by atoms with Crippen molar-refractivity contribution in [3.63, 3.8) is 0 Å². The van der Waals surface area contributed by atoms with Crippen LogP contribution in [0.15, 0.2) is 42.7 Å². The van der Waals surface area contributed by atoms with E-state index in [1.165, 1.54) is 23.9 Å². The van der Waals surface area contributed by atoms with Gasteiger partial charge in [-0.05, 0) is 24.6 Å². The van der Waals surface area contributed by atoms with E-state index >= 15 is 0 Å². The van der Waals surface area contributed by atoms with Gasteiger partial charge in [0.25, 0.3) is 5.91 Å². The Bertz CT molecular complexity index is 998. The van der Waals surface area contributed by atoms with Crippen LogP contribution in [0, 0.1) is 0 Å². The number of aromatic nitrogens is 4. The van der Waals surface area contributed by atoms with Crippen molar-refractivity contribution in [3.8, 4) is 0 Å². The molecule has 0 fully saturated rings. The highest BCUT2D eigenvalue weighted by Gasteiger charge is 2.18. The molecule has 3 rings (SSSR count). The summed E-state index contributed by atoms with van der Waals surface area (Å²) in [5.74, 6) is -1.42. The highest BCUT2D eigenvalue weighted by Crippen LogP contribution is 2.22. The van der Waals surface area contributed by atoms with Gasteiger partial charge in [0.1, 0.15) is 11.1 Å². The Morgan fingerprint density at radius 2 is 1.93 bits per heavy atom. The molecular weight excluding hydrogens is 393 g/mol. The van der Waals surface area contributed by atoms with Gasteiger partial charge in [0.15, 0.2) is 11.5 Å². The Balaban J connectivity index is 1.73. The monoisotopic (exact) mass is 407 g/mol. The molecule has 0 saturated carbocycles. The molecule has 0 aliphatic rings. The van der Waals surface area contributed by atoms with Gasteiger partial charge in [-0.1, -0.05) is 41.4 Å². The number of carbonyl (C=O) groups excluding carboxylic acids is 1. The summed E-state index contributed by atoms with van der Waals surface area (Å²) in [5, 5.41) is 20.6. The number of carbonyl (C=O) groups is 2. The van der Waals surface area contributed by atoms with Crippen molar-refractivity contribution in [2.24, 2.45) is 0 Å². The summed E-state index contributed by atoms with van der Waals surface area (Å²) >= 11 is 12.3. The van der Waals surface area contributed by atoms with E-state index in [1.807, 2.05) is 18.2 Å². The second-order valence-corrected chi connectivity index (χ2v) is 6.58. The average molecular weight is 408 g/mol. The van der Waals surface area contributed by atoms with Gasteiger partial charge in [-0.2, -0.15) is 10.2 Å². The van der Waals surface area contributed by atoms with E-state index < -0.39 is 17.9 Å². The van der Waals surface area contributed by atoms with E-state index in [4.69, 9.17) is 28.3 Å². The first-order valence-corrected chi connectivity index (χ1v) is 8.66. The number of rotatable bonds is 6. The van der Waals surface area contributed by atoms with Gasteiger partial charge in [0.2, 0.25) is 0 Å². The molecule has 27 heavy (non-hydrogen) atoms. The number of carboxylic acid groups (broad SMARTS) is 1. The highest BCUT2D eigenvalue weighted by atomic mass is 35.5. The topological polar surface area (TPSA) is 102 Å². The maximum absolute atomic E-state index is 12.3. The molecule has 1 unspecified atom stereocenters. The van der Waals surface area contributed by atoms with Gasteiger partial charge in [0, 0.05) is 17.4 Å². The summed E-state index contributed by atoms with van der Waals surface area (Å²) in [4.78, 5) is 23.3. The Morgan fingerprint density at radius 1 is 1.19 bits per heavy atom. The third kappa shape index (κ3) is 4.29. The van der Waals surface area contributed by atoms with Gasteiger partial charge in [0.05, 0.1) is 6.54 Å². The molecule has 2 aromatic heterocycles. The largest absolute Gasteiger partial charge is 0.480 e. The van der Waals surface area contributed by atoms with E-state index in [9.17, 15) is 9.59 Å². The lowest BCUT2D eigenvalue weighted by Gasteiger charge is -2.05. The molecule has 1 atom stereocenters. The number of benzene rings is 1.